The van der Waals surface area contributed by atoms with Gasteiger partial charge in [0.05, 0.1) is 34.4 Å². The van der Waals surface area contributed by atoms with E-state index in [1.54, 1.807) is 0 Å². The zero-order valence-corrected chi connectivity index (χ0v) is 39.4. The number of carbonyl (C=O) groups excluding carboxylic acids is 2. The Hall–Kier alpha value is -2.97. The van der Waals surface area contributed by atoms with E-state index in [0.717, 1.165) is 83.5 Å². The average Bonchev–Trinajstić information content (AvgIpc) is 3.21. The number of rotatable bonds is 43. The summed E-state index contributed by atoms with van der Waals surface area (Å²) in [6, 6.07) is -0.620. The molecule has 0 aliphatic rings. The third-order valence-corrected chi connectivity index (χ3v) is 10.7. The number of nitrogens with zero attached hydrogens (tertiary/aromatic N) is 1. The van der Waals surface area contributed by atoms with Gasteiger partial charge in [-0.05, 0) is 77.0 Å². The summed E-state index contributed by atoms with van der Waals surface area (Å²) in [4.78, 5) is 37.1. The quantitative estimate of drug-likeness (QED) is 0.0282. The zero-order valence-electron chi connectivity index (χ0n) is 39.4. The van der Waals surface area contributed by atoms with Crippen molar-refractivity contribution in [3.63, 3.8) is 0 Å². The molecule has 0 saturated heterocycles. The van der Waals surface area contributed by atoms with Gasteiger partial charge in [-0.15, -0.1) is 0 Å². The summed E-state index contributed by atoms with van der Waals surface area (Å²) >= 11 is 0. The number of carboxylic acid groups (broad SMARTS) is 1. The van der Waals surface area contributed by atoms with Gasteiger partial charge >= 0.3 is 17.9 Å². The van der Waals surface area contributed by atoms with E-state index in [2.05, 4.69) is 74.6 Å². The second-order valence-corrected chi connectivity index (χ2v) is 17.3. The minimum absolute atomic E-state index is 0.0528. The predicted octanol–water partition coefficient (Wildman–Crippen LogP) is 13.8. The first-order valence-corrected chi connectivity index (χ1v) is 24.3. The second kappa shape index (κ2) is 42.7. The second-order valence-electron chi connectivity index (χ2n) is 17.3. The standard InChI is InChI=1S/C52H91NO7/c1-6-8-10-12-14-16-18-20-22-24-25-26-27-29-30-32-34-36-38-40-42-50(54)59-47-48(46-58-45-44-49(52(56)57)53(3,4)5)60-51(55)43-41-39-37-35-33-31-28-23-21-19-17-15-13-11-9-7-2/h8,10,14,16,20,22-23,25-26,28,48-49H,6-7,9,11-13,15,17-19,21,24,27,29-47H2,1-5H3/p+1/b10-8+,16-14+,22-20+,26-25+,28-23+. The number of allylic oxidation sites excluding steroid dienone is 10. The van der Waals surface area contributed by atoms with Gasteiger partial charge in [0, 0.05) is 19.3 Å². The van der Waals surface area contributed by atoms with E-state index in [-0.39, 0.29) is 36.2 Å². The molecule has 2 atom stereocenters. The number of unbranched alkanes of at least 4 members (excludes halogenated alkanes) is 19. The van der Waals surface area contributed by atoms with Gasteiger partial charge in [-0.1, -0.05) is 164 Å². The summed E-state index contributed by atoms with van der Waals surface area (Å²) in [6.45, 7) is 4.61. The molecule has 0 fully saturated rings. The van der Waals surface area contributed by atoms with Crippen LogP contribution in [0.25, 0.3) is 0 Å². The fourth-order valence-corrected chi connectivity index (χ4v) is 6.90. The first-order valence-electron chi connectivity index (χ1n) is 24.3. The molecule has 0 aromatic rings. The highest BCUT2D eigenvalue weighted by atomic mass is 16.6. The van der Waals surface area contributed by atoms with Crippen LogP contribution in [0.1, 0.15) is 200 Å². The van der Waals surface area contributed by atoms with Crippen molar-refractivity contribution < 1.29 is 38.2 Å². The Balaban J connectivity index is 4.31. The van der Waals surface area contributed by atoms with Crippen LogP contribution >= 0.6 is 0 Å². The van der Waals surface area contributed by atoms with Crippen LogP contribution in [0.3, 0.4) is 0 Å². The third kappa shape index (κ3) is 40.4. The first-order chi connectivity index (χ1) is 29.1. The van der Waals surface area contributed by atoms with E-state index in [0.29, 0.717) is 19.3 Å². The molecule has 2 unspecified atom stereocenters. The normalized spacial score (nSPS) is 13.4. The van der Waals surface area contributed by atoms with E-state index in [9.17, 15) is 19.5 Å². The van der Waals surface area contributed by atoms with Crippen LogP contribution in [0.4, 0.5) is 0 Å². The van der Waals surface area contributed by atoms with Gasteiger partial charge in [0.25, 0.3) is 0 Å². The van der Waals surface area contributed by atoms with E-state index in [1.165, 1.54) is 83.5 Å². The monoisotopic (exact) mass is 843 g/mol. The number of ether oxygens (including phenoxy) is 3. The third-order valence-electron chi connectivity index (χ3n) is 10.7. The minimum atomic E-state index is -0.879. The molecule has 0 aliphatic carbocycles. The average molecular weight is 843 g/mol. The fourth-order valence-electron chi connectivity index (χ4n) is 6.90. The van der Waals surface area contributed by atoms with Crippen LogP contribution < -0.4 is 0 Å². The van der Waals surface area contributed by atoms with Crippen LogP contribution in [-0.4, -0.2) is 80.6 Å². The van der Waals surface area contributed by atoms with Crippen molar-refractivity contribution >= 4 is 17.9 Å². The lowest BCUT2D eigenvalue weighted by Crippen LogP contribution is -2.50. The van der Waals surface area contributed by atoms with Gasteiger partial charge in [0.1, 0.15) is 6.61 Å². The Bertz CT molecular complexity index is 1170. The molecule has 0 radical (unpaired) electrons. The van der Waals surface area contributed by atoms with Crippen LogP contribution in [0.5, 0.6) is 0 Å². The maximum Gasteiger partial charge on any atom is 0.362 e. The fraction of sp³-hybridized carbons (Fsp3) is 0.750. The Morgan fingerprint density at radius 3 is 1.40 bits per heavy atom. The van der Waals surface area contributed by atoms with Gasteiger partial charge in [-0.2, -0.15) is 0 Å². The molecule has 0 spiro atoms. The van der Waals surface area contributed by atoms with Gasteiger partial charge in [-0.25, -0.2) is 4.79 Å². The molecular weight excluding hydrogens is 751 g/mol. The largest absolute Gasteiger partial charge is 0.477 e. The molecule has 1 N–H and O–H groups in total. The van der Waals surface area contributed by atoms with E-state index >= 15 is 0 Å². The van der Waals surface area contributed by atoms with Crippen molar-refractivity contribution in [2.45, 2.75) is 212 Å². The molecular formula is C52H92NO7+. The molecule has 346 valence electrons. The highest BCUT2D eigenvalue weighted by Gasteiger charge is 2.31. The minimum Gasteiger partial charge on any atom is -0.477 e. The molecule has 0 bridgehead atoms. The lowest BCUT2D eigenvalue weighted by atomic mass is 10.1. The van der Waals surface area contributed by atoms with E-state index in [4.69, 9.17) is 14.2 Å². The Labute approximate surface area is 368 Å². The van der Waals surface area contributed by atoms with Crippen molar-refractivity contribution in [3.8, 4) is 0 Å². The topological polar surface area (TPSA) is 99.1 Å². The lowest BCUT2D eigenvalue weighted by molar-refractivity contribution is -0.887. The molecule has 8 heteroatoms. The van der Waals surface area contributed by atoms with Crippen molar-refractivity contribution in [2.75, 3.05) is 41.0 Å². The number of carbonyl (C=O) groups is 3. The number of likely N-dealkylation sites (N-methyl/N-ethyl adjacent to an activating group) is 1. The van der Waals surface area contributed by atoms with Crippen molar-refractivity contribution in [3.05, 3.63) is 60.8 Å². The van der Waals surface area contributed by atoms with Crippen LogP contribution in [0, 0.1) is 0 Å². The summed E-state index contributed by atoms with van der Waals surface area (Å²) in [7, 11) is 5.52. The number of carboxylic acids is 1. The first kappa shape index (κ1) is 57.0. The van der Waals surface area contributed by atoms with Gasteiger partial charge < -0.3 is 23.8 Å². The number of aliphatic carboxylic acids is 1. The number of hydrogen-bond donors (Lipinski definition) is 1. The SMILES string of the molecule is CC/C=C/C/C=C/C/C=C/C/C=C/CCCCCCCCCC(=O)OCC(COCCC(C(=O)O)[N+](C)(C)C)OC(=O)CCCCCCC/C=C/CCCCCCCCC. The van der Waals surface area contributed by atoms with Gasteiger partial charge in [-0.3, -0.25) is 9.59 Å². The lowest BCUT2D eigenvalue weighted by Gasteiger charge is -2.31. The zero-order chi connectivity index (χ0) is 44.2. The molecule has 60 heavy (non-hydrogen) atoms. The summed E-state index contributed by atoms with van der Waals surface area (Å²) in [5.74, 6) is -1.49. The molecule has 0 rings (SSSR count). The van der Waals surface area contributed by atoms with Crippen molar-refractivity contribution in [2.24, 2.45) is 0 Å². The summed E-state index contributed by atoms with van der Waals surface area (Å²) in [5.41, 5.74) is 0. The van der Waals surface area contributed by atoms with Crippen LogP contribution in [0.2, 0.25) is 0 Å². The summed E-state index contributed by atoms with van der Waals surface area (Å²) < 4.78 is 17.3. The Morgan fingerprint density at radius 1 is 0.517 bits per heavy atom. The van der Waals surface area contributed by atoms with Crippen molar-refractivity contribution in [1.29, 1.82) is 0 Å². The highest BCUT2D eigenvalue weighted by molar-refractivity contribution is 5.72. The maximum absolute atomic E-state index is 12.8. The van der Waals surface area contributed by atoms with Crippen molar-refractivity contribution in [1.82, 2.24) is 0 Å². The molecule has 8 nitrogen and oxygen atoms in total. The summed E-state index contributed by atoms with van der Waals surface area (Å²) in [5, 5.41) is 9.64. The molecule has 0 amide bonds. The highest BCUT2D eigenvalue weighted by Crippen LogP contribution is 2.14. The number of quaternary nitrogens is 1. The Kier molecular flexibility index (Phi) is 40.6. The van der Waals surface area contributed by atoms with E-state index < -0.39 is 18.1 Å². The van der Waals surface area contributed by atoms with Crippen LogP contribution in [0.15, 0.2) is 60.8 Å². The van der Waals surface area contributed by atoms with E-state index in [1.807, 2.05) is 21.1 Å². The molecule has 0 saturated carbocycles. The van der Waals surface area contributed by atoms with Gasteiger partial charge in [0.2, 0.25) is 0 Å². The Morgan fingerprint density at radius 2 is 0.933 bits per heavy atom. The predicted molar refractivity (Wildman–Crippen MR) is 252 cm³/mol. The van der Waals surface area contributed by atoms with Crippen LogP contribution in [-0.2, 0) is 28.6 Å². The maximum atomic E-state index is 12.8. The molecule has 0 aliphatic heterocycles. The number of hydrogen-bond acceptors (Lipinski definition) is 6. The summed E-state index contributed by atoms with van der Waals surface area (Å²) in [6.07, 6.45) is 52.6. The molecule has 0 aromatic heterocycles. The number of esters is 2. The molecule has 0 heterocycles. The molecule has 0 aromatic carbocycles. The smallest absolute Gasteiger partial charge is 0.362 e. The van der Waals surface area contributed by atoms with Gasteiger partial charge in [0.15, 0.2) is 12.1 Å².